The molecule has 2 heterocycles. The highest BCUT2D eigenvalue weighted by atomic mass is 16.3. The minimum Gasteiger partial charge on any atom is -0.384 e. The SMILES string of the molecule is Cc1ccnc(N2CCN(C3C(C)(C)C(O)(c4ccccc4)C3(C)C)CC2)c1. The van der Waals surface area contributed by atoms with Crippen molar-refractivity contribution < 1.29 is 5.11 Å². The third kappa shape index (κ3) is 2.61. The summed E-state index contributed by atoms with van der Waals surface area (Å²) in [7, 11) is 0. The molecule has 0 unspecified atom stereocenters. The molecule has 2 aromatic rings. The Bertz CT molecular complexity index is 822. The van der Waals surface area contributed by atoms with Gasteiger partial charge in [0.2, 0.25) is 0 Å². The van der Waals surface area contributed by atoms with E-state index in [0.717, 1.165) is 37.6 Å². The van der Waals surface area contributed by atoms with E-state index in [2.05, 4.69) is 67.6 Å². The molecule has 4 nitrogen and oxygen atoms in total. The largest absolute Gasteiger partial charge is 0.384 e. The van der Waals surface area contributed by atoms with Crippen LogP contribution in [0.4, 0.5) is 5.82 Å². The number of pyridine rings is 1. The van der Waals surface area contributed by atoms with Crippen molar-refractivity contribution in [2.75, 3.05) is 31.1 Å². The molecule has 0 spiro atoms. The molecule has 150 valence electrons. The molecule has 0 bridgehead atoms. The third-order valence-corrected chi connectivity index (χ3v) is 7.33. The summed E-state index contributed by atoms with van der Waals surface area (Å²) in [6.45, 7) is 15.0. The molecule has 0 radical (unpaired) electrons. The average molecular weight is 380 g/mol. The summed E-state index contributed by atoms with van der Waals surface area (Å²) in [6.07, 6.45) is 1.90. The topological polar surface area (TPSA) is 39.6 Å². The number of rotatable bonds is 3. The Labute approximate surface area is 169 Å². The molecule has 1 saturated heterocycles. The van der Waals surface area contributed by atoms with Gasteiger partial charge in [0.05, 0.1) is 0 Å². The van der Waals surface area contributed by atoms with Gasteiger partial charge in [-0.05, 0) is 30.2 Å². The van der Waals surface area contributed by atoms with Crippen LogP contribution in [-0.2, 0) is 5.60 Å². The van der Waals surface area contributed by atoms with E-state index in [-0.39, 0.29) is 10.8 Å². The molecule has 1 aromatic heterocycles. The lowest BCUT2D eigenvalue weighted by molar-refractivity contribution is -0.307. The maximum absolute atomic E-state index is 11.9. The van der Waals surface area contributed by atoms with E-state index < -0.39 is 5.60 Å². The van der Waals surface area contributed by atoms with Gasteiger partial charge in [-0.1, -0.05) is 58.0 Å². The van der Waals surface area contributed by atoms with E-state index in [1.54, 1.807) is 0 Å². The molecular formula is C24H33N3O. The van der Waals surface area contributed by atoms with Crippen molar-refractivity contribution in [2.24, 2.45) is 10.8 Å². The number of piperazine rings is 1. The second kappa shape index (κ2) is 6.57. The maximum Gasteiger partial charge on any atom is 0.128 e. The number of hydrogen-bond acceptors (Lipinski definition) is 4. The van der Waals surface area contributed by atoms with Gasteiger partial charge in [-0.2, -0.15) is 0 Å². The molecule has 4 rings (SSSR count). The van der Waals surface area contributed by atoms with Crippen LogP contribution in [0.15, 0.2) is 48.7 Å². The molecule has 1 saturated carbocycles. The number of aromatic nitrogens is 1. The second-order valence-electron chi connectivity index (χ2n) is 9.64. The zero-order valence-corrected chi connectivity index (χ0v) is 17.8. The molecule has 4 heteroatoms. The summed E-state index contributed by atoms with van der Waals surface area (Å²) in [5, 5.41) is 11.9. The van der Waals surface area contributed by atoms with Gasteiger partial charge in [0.1, 0.15) is 11.4 Å². The zero-order chi connectivity index (χ0) is 20.2. The number of aryl methyl sites for hydroxylation is 1. The lowest BCUT2D eigenvalue weighted by atomic mass is 9.39. The smallest absolute Gasteiger partial charge is 0.128 e. The first kappa shape index (κ1) is 19.4. The van der Waals surface area contributed by atoms with Crippen molar-refractivity contribution in [2.45, 2.75) is 46.3 Å². The number of nitrogens with zero attached hydrogens (tertiary/aromatic N) is 3. The van der Waals surface area contributed by atoms with Crippen molar-refractivity contribution in [1.82, 2.24) is 9.88 Å². The predicted molar refractivity (Wildman–Crippen MR) is 114 cm³/mol. The van der Waals surface area contributed by atoms with Crippen LogP contribution in [0.2, 0.25) is 0 Å². The number of hydrogen-bond donors (Lipinski definition) is 1. The van der Waals surface area contributed by atoms with Crippen LogP contribution in [-0.4, -0.2) is 47.2 Å². The predicted octanol–water partition coefficient (Wildman–Crippen LogP) is 3.83. The van der Waals surface area contributed by atoms with Crippen LogP contribution in [0.3, 0.4) is 0 Å². The highest BCUT2D eigenvalue weighted by Crippen LogP contribution is 2.68. The van der Waals surface area contributed by atoms with Crippen molar-refractivity contribution >= 4 is 5.82 Å². The minimum absolute atomic E-state index is 0.221. The number of benzene rings is 1. The zero-order valence-electron chi connectivity index (χ0n) is 17.8. The highest BCUT2D eigenvalue weighted by molar-refractivity contribution is 5.42. The van der Waals surface area contributed by atoms with Gasteiger partial charge in [-0.15, -0.1) is 0 Å². The normalized spacial score (nSPS) is 29.4. The number of anilines is 1. The van der Waals surface area contributed by atoms with Crippen molar-refractivity contribution in [3.05, 3.63) is 59.8 Å². The van der Waals surface area contributed by atoms with E-state index in [9.17, 15) is 5.11 Å². The molecule has 0 amide bonds. The second-order valence-corrected chi connectivity index (χ2v) is 9.64. The average Bonchev–Trinajstić information content (AvgIpc) is 2.68. The Morgan fingerprint density at radius 1 is 0.929 bits per heavy atom. The first-order valence-corrected chi connectivity index (χ1v) is 10.4. The summed E-state index contributed by atoms with van der Waals surface area (Å²) >= 11 is 0. The van der Waals surface area contributed by atoms with Crippen LogP contribution in [0.25, 0.3) is 0 Å². The highest BCUT2D eigenvalue weighted by Gasteiger charge is 2.73. The van der Waals surface area contributed by atoms with Crippen LogP contribution >= 0.6 is 0 Å². The number of aliphatic hydroxyl groups is 1. The molecule has 1 N–H and O–H groups in total. The third-order valence-electron chi connectivity index (χ3n) is 7.33. The summed E-state index contributed by atoms with van der Waals surface area (Å²) in [4.78, 5) is 9.52. The van der Waals surface area contributed by atoms with Crippen LogP contribution < -0.4 is 4.90 Å². The molecule has 28 heavy (non-hydrogen) atoms. The summed E-state index contributed by atoms with van der Waals surface area (Å²) in [5.74, 6) is 1.08. The Morgan fingerprint density at radius 2 is 1.54 bits per heavy atom. The van der Waals surface area contributed by atoms with Crippen molar-refractivity contribution in [3.8, 4) is 0 Å². The fourth-order valence-electron chi connectivity index (χ4n) is 6.29. The van der Waals surface area contributed by atoms with E-state index in [1.165, 1.54) is 5.56 Å². The molecule has 1 aliphatic carbocycles. The summed E-state index contributed by atoms with van der Waals surface area (Å²) < 4.78 is 0. The molecule has 1 aromatic carbocycles. The van der Waals surface area contributed by atoms with Gasteiger partial charge in [-0.3, -0.25) is 4.90 Å². The molecular weight excluding hydrogens is 346 g/mol. The van der Waals surface area contributed by atoms with E-state index in [1.807, 2.05) is 30.5 Å². The van der Waals surface area contributed by atoms with E-state index >= 15 is 0 Å². The standard InChI is InChI=1S/C24H33N3O/c1-18-11-12-25-20(17-18)26-13-15-27(16-14-26)21-22(2,3)24(28,23(21,4)5)19-9-7-6-8-10-19/h6-12,17,21,28H,13-16H2,1-5H3. The van der Waals surface area contributed by atoms with Gasteiger partial charge in [0.25, 0.3) is 0 Å². The fourth-order valence-corrected chi connectivity index (χ4v) is 6.29. The van der Waals surface area contributed by atoms with E-state index in [4.69, 9.17) is 0 Å². The Kier molecular flexibility index (Phi) is 4.55. The van der Waals surface area contributed by atoms with Crippen LogP contribution in [0.1, 0.15) is 38.8 Å². The Balaban J connectivity index is 1.53. The van der Waals surface area contributed by atoms with Gasteiger partial charge < -0.3 is 10.0 Å². The van der Waals surface area contributed by atoms with Gasteiger partial charge in [-0.25, -0.2) is 4.98 Å². The quantitative estimate of drug-likeness (QED) is 0.880. The Morgan fingerprint density at radius 3 is 2.11 bits per heavy atom. The monoisotopic (exact) mass is 379 g/mol. The molecule has 1 aliphatic heterocycles. The van der Waals surface area contributed by atoms with Crippen molar-refractivity contribution in [1.29, 1.82) is 0 Å². The van der Waals surface area contributed by atoms with Gasteiger partial charge in [0.15, 0.2) is 0 Å². The molecule has 2 fully saturated rings. The minimum atomic E-state index is -0.832. The molecule has 0 atom stereocenters. The molecule has 2 aliphatic rings. The fraction of sp³-hybridized carbons (Fsp3) is 0.542. The van der Waals surface area contributed by atoms with Crippen molar-refractivity contribution in [3.63, 3.8) is 0 Å². The lowest BCUT2D eigenvalue weighted by Gasteiger charge is -2.72. The van der Waals surface area contributed by atoms with Crippen LogP contribution in [0.5, 0.6) is 0 Å². The summed E-state index contributed by atoms with van der Waals surface area (Å²) in [5.41, 5.74) is 1.01. The van der Waals surface area contributed by atoms with Crippen LogP contribution in [0, 0.1) is 17.8 Å². The maximum atomic E-state index is 11.9. The first-order valence-electron chi connectivity index (χ1n) is 10.4. The van der Waals surface area contributed by atoms with Gasteiger partial charge in [0, 0.05) is 49.2 Å². The lowest BCUT2D eigenvalue weighted by Crippen LogP contribution is -2.79. The first-order chi connectivity index (χ1) is 13.2. The van der Waals surface area contributed by atoms with E-state index in [0.29, 0.717) is 6.04 Å². The summed E-state index contributed by atoms with van der Waals surface area (Å²) in [6, 6.07) is 14.8. The van der Waals surface area contributed by atoms with Gasteiger partial charge >= 0.3 is 0 Å². The Hall–Kier alpha value is -1.91.